The molecule has 0 aliphatic carbocycles. The van der Waals surface area contributed by atoms with E-state index in [1.54, 1.807) is 0 Å². The van der Waals surface area contributed by atoms with E-state index in [4.69, 9.17) is 0 Å². The average molecular weight is 280 g/mol. The molecular formula is C13H20N4OS. The van der Waals surface area contributed by atoms with E-state index in [2.05, 4.69) is 27.1 Å². The number of carbonyl (C=O) groups excluding carboxylic acids is 1. The molecule has 5 nitrogen and oxygen atoms in total. The van der Waals surface area contributed by atoms with E-state index in [1.807, 2.05) is 0 Å². The lowest BCUT2D eigenvalue weighted by atomic mass is 10.00. The van der Waals surface area contributed by atoms with E-state index in [1.165, 1.54) is 24.4 Å². The number of rotatable bonds is 4. The number of hydrogen-bond acceptors (Lipinski definition) is 5. The van der Waals surface area contributed by atoms with Crippen molar-refractivity contribution in [1.29, 1.82) is 0 Å². The van der Waals surface area contributed by atoms with E-state index in [-0.39, 0.29) is 5.91 Å². The summed E-state index contributed by atoms with van der Waals surface area (Å²) in [5.41, 5.74) is 0.849. The maximum absolute atomic E-state index is 12.3. The van der Waals surface area contributed by atoms with Crippen molar-refractivity contribution in [1.82, 2.24) is 20.2 Å². The molecule has 2 aliphatic heterocycles. The molecule has 19 heavy (non-hydrogen) atoms. The van der Waals surface area contributed by atoms with Gasteiger partial charge in [-0.3, -0.25) is 4.79 Å². The Morgan fingerprint density at radius 2 is 2.16 bits per heavy atom. The minimum absolute atomic E-state index is 0.0183. The van der Waals surface area contributed by atoms with Crippen molar-refractivity contribution in [3.63, 3.8) is 0 Å². The Bertz CT molecular complexity index is 449. The van der Waals surface area contributed by atoms with Crippen molar-refractivity contribution >= 4 is 17.4 Å². The van der Waals surface area contributed by atoms with Gasteiger partial charge in [0.1, 0.15) is 4.88 Å². The summed E-state index contributed by atoms with van der Waals surface area (Å²) in [5, 5.41) is 10.8. The highest BCUT2D eigenvalue weighted by molar-refractivity contribution is 7.08. The maximum atomic E-state index is 12.3. The smallest absolute Gasteiger partial charge is 0.265 e. The lowest BCUT2D eigenvalue weighted by molar-refractivity contribution is 0.0927. The van der Waals surface area contributed by atoms with E-state index in [0.717, 1.165) is 31.4 Å². The number of nitrogens with one attached hydrogen (secondary N) is 2. The van der Waals surface area contributed by atoms with Gasteiger partial charge in [0.2, 0.25) is 0 Å². The Labute approximate surface area is 117 Å². The van der Waals surface area contributed by atoms with Crippen LogP contribution in [0.25, 0.3) is 0 Å². The molecule has 3 rings (SSSR count). The molecule has 2 aliphatic rings. The number of aromatic nitrogens is 2. The van der Waals surface area contributed by atoms with Crippen LogP contribution in [0.2, 0.25) is 0 Å². The highest BCUT2D eigenvalue weighted by Gasteiger charge is 2.34. The van der Waals surface area contributed by atoms with E-state index in [9.17, 15) is 4.79 Å². The summed E-state index contributed by atoms with van der Waals surface area (Å²) in [6.45, 7) is 2.09. The van der Waals surface area contributed by atoms with Gasteiger partial charge in [0.05, 0.1) is 5.69 Å². The number of carbonyl (C=O) groups is 1. The first kappa shape index (κ1) is 13.0. The molecule has 1 amide bonds. The van der Waals surface area contributed by atoms with Crippen molar-refractivity contribution in [3.05, 3.63) is 10.6 Å². The Morgan fingerprint density at radius 3 is 2.84 bits per heavy atom. The van der Waals surface area contributed by atoms with Crippen molar-refractivity contribution in [3.8, 4) is 0 Å². The van der Waals surface area contributed by atoms with Crippen molar-refractivity contribution in [2.45, 2.75) is 63.6 Å². The summed E-state index contributed by atoms with van der Waals surface area (Å²) < 4.78 is 3.92. The second kappa shape index (κ2) is 5.54. The van der Waals surface area contributed by atoms with Crippen LogP contribution in [-0.2, 0) is 6.42 Å². The number of nitrogens with zero attached hydrogens (tertiary/aromatic N) is 2. The predicted octanol–water partition coefficient (Wildman–Crippen LogP) is 1.50. The van der Waals surface area contributed by atoms with Gasteiger partial charge >= 0.3 is 0 Å². The fraction of sp³-hybridized carbons (Fsp3) is 0.769. The Balaban J connectivity index is 1.63. The van der Waals surface area contributed by atoms with Gasteiger partial charge in [-0.1, -0.05) is 17.8 Å². The standard InChI is InChI=1S/C13H20N4OS/c1-2-3-11-12(19-17-16-11)13(18)15-10-6-8-4-5-9(7-10)14-8/h8-10,14H,2-7H2,1H3,(H,15,18). The average Bonchev–Trinajstić information content (AvgIpc) is 2.97. The van der Waals surface area contributed by atoms with Gasteiger partial charge in [-0.15, -0.1) is 5.10 Å². The lowest BCUT2D eigenvalue weighted by Gasteiger charge is -2.29. The lowest BCUT2D eigenvalue weighted by Crippen LogP contribution is -2.48. The molecule has 2 N–H and O–H groups in total. The van der Waals surface area contributed by atoms with Crippen molar-refractivity contribution in [2.24, 2.45) is 0 Å². The third-order valence-electron chi connectivity index (χ3n) is 4.06. The number of amides is 1. The van der Waals surface area contributed by atoms with Crippen LogP contribution < -0.4 is 10.6 Å². The number of fused-ring (bicyclic) bond motifs is 2. The fourth-order valence-electron chi connectivity index (χ4n) is 3.21. The number of piperidine rings is 1. The largest absolute Gasteiger partial charge is 0.348 e. The van der Waals surface area contributed by atoms with Crippen LogP contribution in [0.1, 0.15) is 54.4 Å². The van der Waals surface area contributed by atoms with Crippen LogP contribution >= 0.6 is 11.5 Å². The van der Waals surface area contributed by atoms with E-state index in [0.29, 0.717) is 23.0 Å². The van der Waals surface area contributed by atoms with Crippen LogP contribution in [0.5, 0.6) is 0 Å². The van der Waals surface area contributed by atoms with Gasteiger partial charge in [0.25, 0.3) is 5.91 Å². The molecule has 0 spiro atoms. The summed E-state index contributed by atoms with van der Waals surface area (Å²) in [5.74, 6) is 0.0183. The second-order valence-corrected chi connectivity index (χ2v) is 6.33. The Morgan fingerprint density at radius 1 is 1.42 bits per heavy atom. The minimum Gasteiger partial charge on any atom is -0.348 e. The Hall–Kier alpha value is -1.01. The summed E-state index contributed by atoms with van der Waals surface area (Å²) in [4.78, 5) is 13.0. The molecule has 2 atom stereocenters. The highest BCUT2D eigenvalue weighted by atomic mass is 32.1. The summed E-state index contributed by atoms with van der Waals surface area (Å²) >= 11 is 1.21. The molecule has 0 aromatic carbocycles. The Kier molecular flexibility index (Phi) is 3.79. The van der Waals surface area contributed by atoms with Gasteiger partial charge in [-0.05, 0) is 43.6 Å². The minimum atomic E-state index is 0.0183. The normalized spacial score (nSPS) is 29.4. The molecule has 2 unspecified atom stereocenters. The predicted molar refractivity (Wildman–Crippen MR) is 74.3 cm³/mol. The van der Waals surface area contributed by atoms with Gasteiger partial charge in [0, 0.05) is 18.1 Å². The third kappa shape index (κ3) is 2.79. The molecule has 2 saturated heterocycles. The van der Waals surface area contributed by atoms with Crippen LogP contribution in [-0.4, -0.2) is 33.6 Å². The first-order valence-electron chi connectivity index (χ1n) is 7.14. The molecule has 1 aromatic heterocycles. The first-order chi connectivity index (χ1) is 9.26. The van der Waals surface area contributed by atoms with Gasteiger partial charge in [-0.25, -0.2) is 0 Å². The fourth-order valence-corrected chi connectivity index (χ4v) is 3.82. The SMILES string of the molecule is CCCc1nnsc1C(=O)NC1CC2CCC(C1)N2. The number of hydrogen-bond donors (Lipinski definition) is 2. The summed E-state index contributed by atoms with van der Waals surface area (Å²) in [6.07, 6.45) is 6.43. The zero-order valence-electron chi connectivity index (χ0n) is 11.2. The summed E-state index contributed by atoms with van der Waals surface area (Å²) in [7, 11) is 0. The van der Waals surface area contributed by atoms with Gasteiger partial charge < -0.3 is 10.6 Å². The molecule has 6 heteroatoms. The van der Waals surface area contributed by atoms with E-state index >= 15 is 0 Å². The van der Waals surface area contributed by atoms with Crippen molar-refractivity contribution < 1.29 is 4.79 Å². The van der Waals surface area contributed by atoms with Crippen LogP contribution in [0.4, 0.5) is 0 Å². The molecule has 3 heterocycles. The molecule has 1 aromatic rings. The monoisotopic (exact) mass is 280 g/mol. The molecular weight excluding hydrogens is 260 g/mol. The maximum Gasteiger partial charge on any atom is 0.265 e. The molecule has 0 radical (unpaired) electrons. The molecule has 2 fully saturated rings. The number of aryl methyl sites for hydroxylation is 1. The van der Waals surface area contributed by atoms with Crippen LogP contribution in [0.3, 0.4) is 0 Å². The van der Waals surface area contributed by atoms with Crippen LogP contribution in [0, 0.1) is 0 Å². The van der Waals surface area contributed by atoms with Gasteiger partial charge in [0.15, 0.2) is 0 Å². The quantitative estimate of drug-likeness (QED) is 0.877. The zero-order chi connectivity index (χ0) is 13.2. The second-order valence-electron chi connectivity index (χ2n) is 5.58. The summed E-state index contributed by atoms with van der Waals surface area (Å²) in [6, 6.07) is 1.50. The van der Waals surface area contributed by atoms with Crippen molar-refractivity contribution in [2.75, 3.05) is 0 Å². The topological polar surface area (TPSA) is 66.9 Å². The third-order valence-corrected chi connectivity index (χ3v) is 4.82. The van der Waals surface area contributed by atoms with E-state index < -0.39 is 0 Å². The molecule has 0 saturated carbocycles. The molecule has 2 bridgehead atoms. The van der Waals surface area contributed by atoms with Crippen LogP contribution in [0.15, 0.2) is 0 Å². The first-order valence-corrected chi connectivity index (χ1v) is 7.91. The van der Waals surface area contributed by atoms with Gasteiger partial charge in [-0.2, -0.15) is 0 Å². The zero-order valence-corrected chi connectivity index (χ0v) is 12.0. The highest BCUT2D eigenvalue weighted by Crippen LogP contribution is 2.27. The molecule has 104 valence electrons.